The smallest absolute Gasteiger partial charge is 0.123 e. The van der Waals surface area contributed by atoms with E-state index in [0.29, 0.717) is 6.61 Å². The highest BCUT2D eigenvalue weighted by atomic mass is 19.1. The Morgan fingerprint density at radius 2 is 1.95 bits per heavy atom. The average molecular weight is 294 g/mol. The van der Waals surface area contributed by atoms with Crippen molar-refractivity contribution in [3.8, 4) is 0 Å². The van der Waals surface area contributed by atoms with Crippen LogP contribution in [0.15, 0.2) is 18.2 Å². The van der Waals surface area contributed by atoms with Gasteiger partial charge < -0.3 is 4.74 Å². The average Bonchev–Trinajstić information content (AvgIpc) is 2.69. The maximum atomic E-state index is 13.4. The zero-order chi connectivity index (χ0) is 15.3. The predicted octanol–water partition coefficient (Wildman–Crippen LogP) is 3.77. The zero-order valence-corrected chi connectivity index (χ0v) is 13.1. The molecule has 0 heterocycles. The molecule has 0 spiro atoms. The van der Waals surface area contributed by atoms with Gasteiger partial charge in [0.05, 0.1) is 11.6 Å². The van der Waals surface area contributed by atoms with E-state index in [1.165, 1.54) is 18.9 Å². The van der Waals surface area contributed by atoms with Gasteiger partial charge in [-0.1, -0.05) is 31.7 Å². The fourth-order valence-electron chi connectivity index (χ4n) is 3.62. The Hall–Kier alpha value is -0.970. The number of benzene rings is 1. The van der Waals surface area contributed by atoms with Crippen LogP contribution in [0.2, 0.25) is 0 Å². The maximum absolute atomic E-state index is 13.4. The second-order valence-electron chi connectivity index (χ2n) is 6.01. The molecule has 4 heteroatoms. The lowest BCUT2D eigenvalue weighted by atomic mass is 9.81. The van der Waals surface area contributed by atoms with Crippen LogP contribution in [0.25, 0.3) is 0 Å². The molecule has 1 aromatic carbocycles. The fourth-order valence-corrected chi connectivity index (χ4v) is 3.62. The Bertz CT molecular complexity index is 456. The normalized spacial score (nSPS) is 20.0. The van der Waals surface area contributed by atoms with E-state index in [4.69, 9.17) is 10.6 Å². The van der Waals surface area contributed by atoms with E-state index in [9.17, 15) is 4.39 Å². The van der Waals surface area contributed by atoms with Crippen molar-refractivity contribution < 1.29 is 9.13 Å². The van der Waals surface area contributed by atoms with Crippen LogP contribution in [0, 0.1) is 12.7 Å². The van der Waals surface area contributed by atoms with Crippen LogP contribution in [0.1, 0.15) is 62.6 Å². The predicted molar refractivity (Wildman–Crippen MR) is 83.3 cm³/mol. The lowest BCUT2D eigenvalue weighted by molar-refractivity contribution is -0.0784. The molecule has 1 atom stereocenters. The molecule has 118 valence electrons. The molecule has 0 bridgehead atoms. The first-order valence-corrected chi connectivity index (χ1v) is 7.99. The molecule has 21 heavy (non-hydrogen) atoms. The highest BCUT2D eigenvalue weighted by Crippen LogP contribution is 2.41. The monoisotopic (exact) mass is 294 g/mol. The van der Waals surface area contributed by atoms with Gasteiger partial charge in [-0.05, 0) is 49.9 Å². The lowest BCUT2D eigenvalue weighted by Gasteiger charge is -2.40. The van der Waals surface area contributed by atoms with Crippen molar-refractivity contribution in [2.24, 2.45) is 5.84 Å². The van der Waals surface area contributed by atoms with Gasteiger partial charge in [-0.2, -0.15) is 0 Å². The van der Waals surface area contributed by atoms with Gasteiger partial charge in [-0.3, -0.25) is 11.3 Å². The van der Waals surface area contributed by atoms with Gasteiger partial charge in [0, 0.05) is 6.61 Å². The number of hydrazine groups is 1. The first kappa shape index (κ1) is 16.4. The molecule has 1 saturated carbocycles. The first-order valence-electron chi connectivity index (χ1n) is 7.99. The highest BCUT2D eigenvalue weighted by Gasteiger charge is 2.40. The Morgan fingerprint density at radius 3 is 2.48 bits per heavy atom. The molecule has 1 aromatic rings. The molecule has 1 aliphatic rings. The molecule has 3 nitrogen and oxygen atoms in total. The molecule has 0 radical (unpaired) electrons. The van der Waals surface area contributed by atoms with Crippen molar-refractivity contribution in [2.45, 2.75) is 64.0 Å². The largest absolute Gasteiger partial charge is 0.373 e. The van der Waals surface area contributed by atoms with Crippen molar-refractivity contribution in [1.29, 1.82) is 0 Å². The van der Waals surface area contributed by atoms with Crippen molar-refractivity contribution in [3.05, 3.63) is 35.1 Å². The summed E-state index contributed by atoms with van der Waals surface area (Å²) in [4.78, 5) is 0. The van der Waals surface area contributed by atoms with E-state index in [1.54, 1.807) is 6.07 Å². The van der Waals surface area contributed by atoms with E-state index >= 15 is 0 Å². The zero-order valence-electron chi connectivity index (χ0n) is 13.1. The van der Waals surface area contributed by atoms with Crippen molar-refractivity contribution in [2.75, 3.05) is 6.61 Å². The summed E-state index contributed by atoms with van der Waals surface area (Å²) >= 11 is 0. The van der Waals surface area contributed by atoms with Crippen molar-refractivity contribution in [1.82, 2.24) is 5.43 Å². The number of ether oxygens (including phenoxy) is 1. The van der Waals surface area contributed by atoms with Gasteiger partial charge in [0.25, 0.3) is 0 Å². The number of rotatable bonds is 5. The standard InChI is InChI=1S/C17H27FN2O/c1-3-21-17(10-6-4-5-7-11-17)16(20-19)15-9-8-14(18)12-13(15)2/h8-9,12,16,20H,3-7,10-11,19H2,1-2H3. The minimum atomic E-state index is -0.289. The number of hydrogen-bond acceptors (Lipinski definition) is 3. The van der Waals surface area contributed by atoms with Crippen LogP contribution < -0.4 is 11.3 Å². The molecule has 1 unspecified atom stereocenters. The highest BCUT2D eigenvalue weighted by molar-refractivity contribution is 5.31. The summed E-state index contributed by atoms with van der Waals surface area (Å²) in [5, 5.41) is 0. The molecule has 1 aliphatic carbocycles. The molecule has 2 rings (SSSR count). The number of hydrogen-bond donors (Lipinski definition) is 2. The summed E-state index contributed by atoms with van der Waals surface area (Å²) in [7, 11) is 0. The molecule has 0 amide bonds. The van der Waals surface area contributed by atoms with Gasteiger partial charge >= 0.3 is 0 Å². The second kappa shape index (κ2) is 7.34. The van der Waals surface area contributed by atoms with E-state index in [0.717, 1.165) is 36.8 Å². The van der Waals surface area contributed by atoms with E-state index < -0.39 is 0 Å². The summed E-state index contributed by atoms with van der Waals surface area (Å²) in [5.41, 5.74) is 4.62. The van der Waals surface area contributed by atoms with Gasteiger partial charge in [0.15, 0.2) is 0 Å². The van der Waals surface area contributed by atoms with Crippen LogP contribution in [0.5, 0.6) is 0 Å². The third-order valence-corrected chi connectivity index (χ3v) is 4.62. The Labute approximate surface area is 127 Å². The number of aryl methyl sites for hydroxylation is 1. The third kappa shape index (κ3) is 3.62. The molecular formula is C17H27FN2O. The van der Waals surface area contributed by atoms with E-state index in [2.05, 4.69) is 5.43 Å². The Kier molecular flexibility index (Phi) is 5.73. The summed E-state index contributed by atoms with van der Waals surface area (Å²) in [5.74, 6) is 5.68. The quantitative estimate of drug-likeness (QED) is 0.494. The van der Waals surface area contributed by atoms with Crippen molar-refractivity contribution in [3.63, 3.8) is 0 Å². The lowest BCUT2D eigenvalue weighted by Crippen LogP contribution is -2.48. The molecule has 0 aliphatic heterocycles. The first-order chi connectivity index (χ1) is 10.1. The number of halogens is 1. The van der Waals surface area contributed by atoms with Crippen molar-refractivity contribution >= 4 is 0 Å². The fraction of sp³-hybridized carbons (Fsp3) is 0.647. The van der Waals surface area contributed by atoms with Gasteiger partial charge in [0.2, 0.25) is 0 Å². The maximum Gasteiger partial charge on any atom is 0.123 e. The van der Waals surface area contributed by atoms with Gasteiger partial charge in [-0.15, -0.1) is 0 Å². The molecular weight excluding hydrogens is 267 g/mol. The van der Waals surface area contributed by atoms with Gasteiger partial charge in [0.1, 0.15) is 5.82 Å². The second-order valence-corrected chi connectivity index (χ2v) is 6.01. The topological polar surface area (TPSA) is 47.3 Å². The van der Waals surface area contributed by atoms with E-state index in [-0.39, 0.29) is 17.5 Å². The Balaban J connectivity index is 2.38. The minimum Gasteiger partial charge on any atom is -0.373 e. The molecule has 1 fully saturated rings. The van der Waals surface area contributed by atoms with Crippen LogP contribution >= 0.6 is 0 Å². The minimum absolute atomic E-state index is 0.101. The van der Waals surface area contributed by atoms with Crippen LogP contribution in [0.3, 0.4) is 0 Å². The van der Waals surface area contributed by atoms with Gasteiger partial charge in [-0.25, -0.2) is 4.39 Å². The number of nitrogens with one attached hydrogen (secondary N) is 1. The summed E-state index contributed by atoms with van der Waals surface area (Å²) in [6.07, 6.45) is 6.78. The molecule has 3 N–H and O–H groups in total. The SMILES string of the molecule is CCOC1(C(NN)c2ccc(F)cc2C)CCCCCC1. The van der Waals surface area contributed by atoms with Crippen LogP contribution in [-0.4, -0.2) is 12.2 Å². The summed E-state index contributed by atoms with van der Waals surface area (Å²) < 4.78 is 19.6. The van der Waals surface area contributed by atoms with Crippen LogP contribution in [0.4, 0.5) is 4.39 Å². The number of nitrogens with two attached hydrogens (primary N) is 1. The summed E-state index contributed by atoms with van der Waals surface area (Å²) in [6.45, 7) is 4.62. The molecule has 0 saturated heterocycles. The Morgan fingerprint density at radius 1 is 1.29 bits per heavy atom. The van der Waals surface area contributed by atoms with E-state index in [1.807, 2.05) is 19.9 Å². The molecule has 0 aromatic heterocycles. The third-order valence-electron chi connectivity index (χ3n) is 4.62. The van der Waals surface area contributed by atoms with Crippen LogP contribution in [-0.2, 0) is 4.74 Å². The summed E-state index contributed by atoms with van der Waals surface area (Å²) in [6, 6.07) is 4.80.